The first kappa shape index (κ1) is 16.6. The monoisotopic (exact) mass is 310 g/mol. The maximum absolute atomic E-state index is 6.30. The molecule has 4 heteroatoms. The van der Waals surface area contributed by atoms with Gasteiger partial charge in [0.1, 0.15) is 5.75 Å². The lowest BCUT2D eigenvalue weighted by atomic mass is 10.0. The van der Waals surface area contributed by atoms with E-state index in [-0.39, 0.29) is 0 Å². The van der Waals surface area contributed by atoms with Crippen LogP contribution in [-0.2, 0) is 6.54 Å². The molecule has 1 aliphatic rings. The first-order chi connectivity index (χ1) is 10.2. The molecule has 0 aliphatic carbocycles. The molecule has 1 aromatic rings. The number of likely N-dealkylation sites (tertiary alicyclic amines) is 1. The van der Waals surface area contributed by atoms with Crippen LogP contribution >= 0.6 is 11.6 Å². The van der Waals surface area contributed by atoms with Crippen molar-refractivity contribution in [2.75, 3.05) is 26.7 Å². The highest BCUT2D eigenvalue weighted by Crippen LogP contribution is 2.29. The zero-order chi connectivity index (χ0) is 15.1. The second kappa shape index (κ2) is 8.62. The Labute approximate surface area is 133 Å². The third-order valence-electron chi connectivity index (χ3n) is 4.23. The van der Waals surface area contributed by atoms with E-state index < -0.39 is 0 Å². The van der Waals surface area contributed by atoms with Crippen molar-refractivity contribution >= 4 is 11.6 Å². The molecule has 1 atom stereocenters. The number of hydrogen-bond donors (Lipinski definition) is 1. The maximum atomic E-state index is 6.30. The molecule has 0 aromatic heterocycles. The molecular weight excluding hydrogens is 284 g/mol. The van der Waals surface area contributed by atoms with Gasteiger partial charge in [-0.25, -0.2) is 0 Å². The van der Waals surface area contributed by atoms with Crippen LogP contribution in [-0.4, -0.2) is 37.7 Å². The molecule has 1 aromatic carbocycles. The molecule has 1 unspecified atom stereocenters. The Morgan fingerprint density at radius 1 is 1.38 bits per heavy atom. The molecule has 0 spiro atoms. The Morgan fingerprint density at radius 2 is 2.24 bits per heavy atom. The molecule has 2 rings (SSSR count). The lowest BCUT2D eigenvalue weighted by Crippen LogP contribution is -2.37. The average Bonchev–Trinajstić information content (AvgIpc) is 2.49. The number of nitrogens with zero attached hydrogens (tertiary/aromatic N) is 1. The van der Waals surface area contributed by atoms with Crippen molar-refractivity contribution in [1.82, 2.24) is 10.2 Å². The molecule has 0 bridgehead atoms. The number of nitrogens with one attached hydrogen (secondary N) is 1. The van der Waals surface area contributed by atoms with Gasteiger partial charge in [0.15, 0.2) is 0 Å². The lowest BCUT2D eigenvalue weighted by molar-refractivity contribution is 0.153. The zero-order valence-electron chi connectivity index (χ0n) is 13.2. The number of para-hydroxylation sites is 1. The molecule has 1 aliphatic heterocycles. The smallest absolute Gasteiger partial charge is 0.142 e. The SMILES string of the molecule is CCNCc1cccc(Cl)c1OCCC1CCCCN1C. The van der Waals surface area contributed by atoms with E-state index in [0.29, 0.717) is 11.1 Å². The van der Waals surface area contributed by atoms with Gasteiger partial charge in [-0.05, 0) is 45.5 Å². The molecule has 0 radical (unpaired) electrons. The number of halogens is 1. The average molecular weight is 311 g/mol. The van der Waals surface area contributed by atoms with Crippen LogP contribution < -0.4 is 10.1 Å². The van der Waals surface area contributed by atoms with Gasteiger partial charge in [0, 0.05) is 18.2 Å². The number of piperidine rings is 1. The van der Waals surface area contributed by atoms with E-state index in [1.54, 1.807) is 0 Å². The fourth-order valence-electron chi connectivity index (χ4n) is 2.92. The summed E-state index contributed by atoms with van der Waals surface area (Å²) >= 11 is 6.30. The van der Waals surface area contributed by atoms with Crippen LogP contribution in [0, 0.1) is 0 Å². The fraction of sp³-hybridized carbons (Fsp3) is 0.647. The van der Waals surface area contributed by atoms with Crippen molar-refractivity contribution < 1.29 is 4.74 Å². The van der Waals surface area contributed by atoms with Gasteiger partial charge in [0.2, 0.25) is 0 Å². The highest BCUT2D eigenvalue weighted by molar-refractivity contribution is 6.32. The Balaban J connectivity index is 1.89. The largest absolute Gasteiger partial charge is 0.492 e. The predicted molar refractivity (Wildman–Crippen MR) is 89.2 cm³/mol. The number of hydrogen-bond acceptors (Lipinski definition) is 3. The molecule has 1 heterocycles. The Morgan fingerprint density at radius 3 is 3.00 bits per heavy atom. The molecule has 1 N–H and O–H groups in total. The summed E-state index contributed by atoms with van der Waals surface area (Å²) in [6, 6.07) is 6.62. The van der Waals surface area contributed by atoms with Crippen molar-refractivity contribution in [3.8, 4) is 5.75 Å². The summed E-state index contributed by atoms with van der Waals surface area (Å²) in [5, 5.41) is 4.04. The standard InChI is InChI=1S/C17H27ClN2O/c1-3-19-13-14-7-6-9-16(18)17(14)21-12-10-15-8-4-5-11-20(15)2/h6-7,9,15,19H,3-5,8,10-13H2,1-2H3. The summed E-state index contributed by atoms with van der Waals surface area (Å²) in [5.74, 6) is 0.846. The quantitative estimate of drug-likeness (QED) is 0.831. The van der Waals surface area contributed by atoms with E-state index in [1.165, 1.54) is 25.8 Å². The summed E-state index contributed by atoms with van der Waals surface area (Å²) < 4.78 is 6.02. The Bertz CT molecular complexity index is 439. The van der Waals surface area contributed by atoms with Crippen molar-refractivity contribution in [3.63, 3.8) is 0 Å². The second-order valence-corrected chi connectivity index (χ2v) is 6.18. The van der Waals surface area contributed by atoms with Crippen molar-refractivity contribution in [2.24, 2.45) is 0 Å². The summed E-state index contributed by atoms with van der Waals surface area (Å²) in [6.45, 7) is 5.79. The molecule has 3 nitrogen and oxygen atoms in total. The second-order valence-electron chi connectivity index (χ2n) is 5.78. The minimum atomic E-state index is 0.651. The molecular formula is C17H27ClN2O. The van der Waals surface area contributed by atoms with Gasteiger partial charge in [-0.2, -0.15) is 0 Å². The van der Waals surface area contributed by atoms with E-state index >= 15 is 0 Å². The normalized spacial score (nSPS) is 19.7. The number of benzene rings is 1. The topological polar surface area (TPSA) is 24.5 Å². The molecule has 118 valence electrons. The maximum Gasteiger partial charge on any atom is 0.142 e. The van der Waals surface area contributed by atoms with Crippen molar-refractivity contribution in [1.29, 1.82) is 0 Å². The predicted octanol–water partition coefficient (Wildman–Crippen LogP) is 3.70. The van der Waals surface area contributed by atoms with Crippen LogP contribution in [0.15, 0.2) is 18.2 Å². The summed E-state index contributed by atoms with van der Waals surface area (Å²) in [7, 11) is 2.22. The molecule has 21 heavy (non-hydrogen) atoms. The van der Waals surface area contributed by atoms with E-state index in [2.05, 4.69) is 30.3 Å². The van der Waals surface area contributed by atoms with Crippen LogP contribution in [0.25, 0.3) is 0 Å². The Kier molecular flexibility index (Phi) is 6.81. The number of rotatable bonds is 7. The summed E-state index contributed by atoms with van der Waals surface area (Å²) in [5.41, 5.74) is 1.14. The van der Waals surface area contributed by atoms with Crippen molar-refractivity contribution in [2.45, 2.75) is 45.2 Å². The molecule has 0 amide bonds. The summed E-state index contributed by atoms with van der Waals surface area (Å²) in [4.78, 5) is 2.46. The van der Waals surface area contributed by atoms with E-state index in [9.17, 15) is 0 Å². The van der Waals surface area contributed by atoms with Gasteiger partial charge in [-0.15, -0.1) is 0 Å². The third-order valence-corrected chi connectivity index (χ3v) is 4.53. The summed E-state index contributed by atoms with van der Waals surface area (Å²) in [6.07, 6.45) is 5.02. The minimum Gasteiger partial charge on any atom is -0.492 e. The van der Waals surface area contributed by atoms with Gasteiger partial charge >= 0.3 is 0 Å². The molecule has 1 fully saturated rings. The van der Waals surface area contributed by atoms with E-state index in [4.69, 9.17) is 16.3 Å². The van der Waals surface area contributed by atoms with Crippen LogP contribution in [0.5, 0.6) is 5.75 Å². The minimum absolute atomic E-state index is 0.651. The number of ether oxygens (including phenoxy) is 1. The van der Waals surface area contributed by atoms with Gasteiger partial charge in [0.25, 0.3) is 0 Å². The first-order valence-corrected chi connectivity index (χ1v) is 8.41. The molecule has 0 saturated carbocycles. The van der Waals surface area contributed by atoms with Gasteiger partial charge < -0.3 is 15.0 Å². The lowest BCUT2D eigenvalue weighted by Gasteiger charge is -2.32. The van der Waals surface area contributed by atoms with Crippen LogP contribution in [0.3, 0.4) is 0 Å². The third kappa shape index (κ3) is 4.87. The van der Waals surface area contributed by atoms with Gasteiger partial charge in [-0.3, -0.25) is 0 Å². The first-order valence-electron chi connectivity index (χ1n) is 8.03. The van der Waals surface area contributed by atoms with Crippen LogP contribution in [0.1, 0.15) is 38.2 Å². The highest BCUT2D eigenvalue weighted by atomic mass is 35.5. The van der Waals surface area contributed by atoms with Crippen LogP contribution in [0.2, 0.25) is 5.02 Å². The van der Waals surface area contributed by atoms with Gasteiger partial charge in [0.05, 0.1) is 11.6 Å². The van der Waals surface area contributed by atoms with Crippen molar-refractivity contribution in [3.05, 3.63) is 28.8 Å². The molecule has 1 saturated heterocycles. The van der Waals surface area contributed by atoms with E-state index in [1.807, 2.05) is 12.1 Å². The van der Waals surface area contributed by atoms with Gasteiger partial charge in [-0.1, -0.05) is 37.1 Å². The Hall–Kier alpha value is -0.770. The van der Waals surface area contributed by atoms with E-state index in [0.717, 1.165) is 37.4 Å². The zero-order valence-corrected chi connectivity index (χ0v) is 14.0. The fourth-order valence-corrected chi connectivity index (χ4v) is 3.17. The highest BCUT2D eigenvalue weighted by Gasteiger charge is 2.19. The van der Waals surface area contributed by atoms with Crippen LogP contribution in [0.4, 0.5) is 0 Å².